The minimum Gasteiger partial charge on any atom is -0.314 e. The minimum atomic E-state index is 0.500. The second-order valence-electron chi connectivity index (χ2n) is 5.35. The number of aromatic nitrogens is 1. The Labute approximate surface area is 124 Å². The van der Waals surface area contributed by atoms with Gasteiger partial charge in [-0.1, -0.05) is 6.07 Å². The molecule has 2 aromatic heterocycles. The van der Waals surface area contributed by atoms with Gasteiger partial charge in [0.2, 0.25) is 0 Å². The second kappa shape index (κ2) is 6.04. The molecule has 0 saturated carbocycles. The molecule has 1 N–H and O–H groups in total. The maximum atomic E-state index is 4.73. The van der Waals surface area contributed by atoms with Gasteiger partial charge in [0.05, 0.1) is 11.4 Å². The van der Waals surface area contributed by atoms with Gasteiger partial charge in [-0.2, -0.15) is 0 Å². The summed E-state index contributed by atoms with van der Waals surface area (Å²) in [7, 11) is 1.96. The van der Waals surface area contributed by atoms with E-state index in [1.54, 1.807) is 4.88 Å². The van der Waals surface area contributed by atoms with E-state index in [9.17, 15) is 0 Å². The molecule has 3 nitrogen and oxygen atoms in total. The SMILES string of the molecule is CNCc1cccc(CN2CCc3sccc3C2C)n1. The van der Waals surface area contributed by atoms with Gasteiger partial charge in [-0.25, -0.2) is 0 Å². The summed E-state index contributed by atoms with van der Waals surface area (Å²) in [5.74, 6) is 0. The third-order valence-electron chi connectivity index (χ3n) is 3.99. The molecule has 1 aliphatic rings. The summed E-state index contributed by atoms with van der Waals surface area (Å²) in [6.07, 6.45) is 1.17. The third kappa shape index (κ3) is 2.77. The third-order valence-corrected chi connectivity index (χ3v) is 4.99. The van der Waals surface area contributed by atoms with Crippen LogP contribution in [0.3, 0.4) is 0 Å². The van der Waals surface area contributed by atoms with Crippen LogP contribution in [0.15, 0.2) is 29.6 Å². The summed E-state index contributed by atoms with van der Waals surface area (Å²) in [5.41, 5.74) is 3.79. The number of hydrogen-bond acceptors (Lipinski definition) is 4. The van der Waals surface area contributed by atoms with Gasteiger partial charge in [0.1, 0.15) is 0 Å². The lowest BCUT2D eigenvalue weighted by Gasteiger charge is -2.33. The lowest BCUT2D eigenvalue weighted by Crippen LogP contribution is -2.33. The van der Waals surface area contributed by atoms with Gasteiger partial charge in [0, 0.05) is 30.6 Å². The van der Waals surface area contributed by atoms with Crippen molar-refractivity contribution >= 4 is 11.3 Å². The smallest absolute Gasteiger partial charge is 0.0548 e. The van der Waals surface area contributed by atoms with Crippen LogP contribution in [-0.4, -0.2) is 23.5 Å². The number of fused-ring (bicyclic) bond motifs is 1. The Morgan fingerprint density at radius 1 is 1.35 bits per heavy atom. The van der Waals surface area contributed by atoms with E-state index in [0.717, 1.165) is 25.3 Å². The highest BCUT2D eigenvalue weighted by molar-refractivity contribution is 7.10. The Hall–Kier alpha value is -1.23. The number of nitrogens with one attached hydrogen (secondary N) is 1. The van der Waals surface area contributed by atoms with Gasteiger partial charge >= 0.3 is 0 Å². The molecule has 0 aliphatic carbocycles. The number of pyridine rings is 1. The molecule has 0 fully saturated rings. The van der Waals surface area contributed by atoms with E-state index in [1.807, 2.05) is 18.4 Å². The summed E-state index contributed by atoms with van der Waals surface area (Å²) < 4.78 is 0. The molecular formula is C16H21N3S. The number of thiophene rings is 1. The zero-order valence-corrected chi connectivity index (χ0v) is 12.9. The van der Waals surface area contributed by atoms with Crippen molar-refractivity contribution in [2.75, 3.05) is 13.6 Å². The van der Waals surface area contributed by atoms with E-state index >= 15 is 0 Å². The van der Waals surface area contributed by atoms with Crippen LogP contribution >= 0.6 is 11.3 Å². The zero-order chi connectivity index (χ0) is 13.9. The molecule has 1 atom stereocenters. The van der Waals surface area contributed by atoms with Crippen molar-refractivity contribution in [3.63, 3.8) is 0 Å². The van der Waals surface area contributed by atoms with Crippen molar-refractivity contribution in [1.29, 1.82) is 0 Å². The largest absolute Gasteiger partial charge is 0.314 e. The van der Waals surface area contributed by atoms with Gasteiger partial charge in [-0.15, -0.1) is 11.3 Å². The van der Waals surface area contributed by atoms with Gasteiger partial charge in [0.25, 0.3) is 0 Å². The number of hydrogen-bond donors (Lipinski definition) is 1. The predicted molar refractivity (Wildman–Crippen MR) is 83.8 cm³/mol. The molecule has 1 unspecified atom stereocenters. The molecule has 0 aromatic carbocycles. The van der Waals surface area contributed by atoms with E-state index in [2.05, 4.69) is 46.8 Å². The normalized spacial score (nSPS) is 19.0. The molecule has 106 valence electrons. The van der Waals surface area contributed by atoms with Crippen LogP contribution in [0.2, 0.25) is 0 Å². The zero-order valence-electron chi connectivity index (χ0n) is 12.1. The fraction of sp³-hybridized carbons (Fsp3) is 0.438. The van der Waals surface area contributed by atoms with Crippen LogP contribution in [0.1, 0.15) is 34.8 Å². The fourth-order valence-corrected chi connectivity index (χ4v) is 3.85. The Morgan fingerprint density at radius 3 is 3.05 bits per heavy atom. The molecule has 20 heavy (non-hydrogen) atoms. The van der Waals surface area contributed by atoms with Crippen LogP contribution in [0.25, 0.3) is 0 Å². The molecule has 0 radical (unpaired) electrons. The van der Waals surface area contributed by atoms with E-state index in [4.69, 9.17) is 4.98 Å². The van der Waals surface area contributed by atoms with Gasteiger partial charge < -0.3 is 5.32 Å². The van der Waals surface area contributed by atoms with Crippen LogP contribution < -0.4 is 5.32 Å². The van der Waals surface area contributed by atoms with Crippen LogP contribution in [-0.2, 0) is 19.5 Å². The Balaban J connectivity index is 1.74. The lowest BCUT2D eigenvalue weighted by molar-refractivity contribution is 0.189. The van der Waals surface area contributed by atoms with Gasteiger partial charge in [0.15, 0.2) is 0 Å². The van der Waals surface area contributed by atoms with Gasteiger partial charge in [-0.3, -0.25) is 9.88 Å². The fourth-order valence-electron chi connectivity index (χ4n) is 2.88. The molecular weight excluding hydrogens is 266 g/mol. The monoisotopic (exact) mass is 287 g/mol. The van der Waals surface area contributed by atoms with Crippen molar-refractivity contribution in [3.8, 4) is 0 Å². The molecule has 2 aromatic rings. The van der Waals surface area contributed by atoms with Crippen molar-refractivity contribution < 1.29 is 0 Å². The summed E-state index contributed by atoms with van der Waals surface area (Å²) in [6, 6.07) is 9.10. The van der Waals surface area contributed by atoms with Crippen molar-refractivity contribution in [2.45, 2.75) is 32.5 Å². The topological polar surface area (TPSA) is 28.2 Å². The average molecular weight is 287 g/mol. The van der Waals surface area contributed by atoms with Crippen LogP contribution in [0.4, 0.5) is 0 Å². The maximum absolute atomic E-state index is 4.73. The number of rotatable bonds is 4. The van der Waals surface area contributed by atoms with Crippen LogP contribution in [0, 0.1) is 0 Å². The van der Waals surface area contributed by atoms with Crippen molar-refractivity contribution in [3.05, 3.63) is 51.5 Å². The Morgan fingerprint density at radius 2 is 2.20 bits per heavy atom. The standard InChI is InChI=1S/C16H21N3S/c1-12-15-7-9-20-16(15)6-8-19(12)11-14-5-3-4-13(18-14)10-17-2/h3-5,7,9,12,17H,6,8,10-11H2,1-2H3. The highest BCUT2D eigenvalue weighted by Gasteiger charge is 2.24. The highest BCUT2D eigenvalue weighted by atomic mass is 32.1. The molecule has 0 saturated heterocycles. The van der Waals surface area contributed by atoms with Crippen molar-refractivity contribution in [2.24, 2.45) is 0 Å². The molecule has 3 heterocycles. The molecule has 1 aliphatic heterocycles. The van der Waals surface area contributed by atoms with E-state index in [1.165, 1.54) is 17.7 Å². The number of nitrogens with zero attached hydrogens (tertiary/aromatic N) is 2. The lowest BCUT2D eigenvalue weighted by atomic mass is 10.0. The molecule has 0 spiro atoms. The van der Waals surface area contributed by atoms with E-state index in [0.29, 0.717) is 6.04 Å². The van der Waals surface area contributed by atoms with Crippen LogP contribution in [0.5, 0.6) is 0 Å². The first-order chi connectivity index (χ1) is 9.78. The minimum absolute atomic E-state index is 0.500. The van der Waals surface area contributed by atoms with Crippen molar-refractivity contribution in [1.82, 2.24) is 15.2 Å². The predicted octanol–water partition coefficient (Wildman–Crippen LogP) is 2.98. The Kier molecular flexibility index (Phi) is 4.15. The highest BCUT2D eigenvalue weighted by Crippen LogP contribution is 2.33. The second-order valence-corrected chi connectivity index (χ2v) is 6.35. The maximum Gasteiger partial charge on any atom is 0.0548 e. The summed E-state index contributed by atoms with van der Waals surface area (Å²) in [6.45, 7) is 5.21. The molecule has 4 heteroatoms. The summed E-state index contributed by atoms with van der Waals surface area (Å²) in [5, 5.41) is 5.38. The molecule has 3 rings (SSSR count). The van der Waals surface area contributed by atoms with E-state index < -0.39 is 0 Å². The average Bonchev–Trinajstić information content (AvgIpc) is 2.92. The Bertz CT molecular complexity index is 579. The first kappa shape index (κ1) is 13.7. The van der Waals surface area contributed by atoms with Gasteiger partial charge in [-0.05, 0) is 49.5 Å². The summed E-state index contributed by atoms with van der Waals surface area (Å²) in [4.78, 5) is 8.82. The molecule has 0 bridgehead atoms. The quantitative estimate of drug-likeness (QED) is 0.937. The molecule has 0 amide bonds. The first-order valence-corrected chi connectivity index (χ1v) is 8.05. The first-order valence-electron chi connectivity index (χ1n) is 7.17. The summed E-state index contributed by atoms with van der Waals surface area (Å²) >= 11 is 1.90. The van der Waals surface area contributed by atoms with E-state index in [-0.39, 0.29) is 0 Å².